The maximum absolute atomic E-state index is 10.2. The Morgan fingerprint density at radius 2 is 1.33 bits per heavy atom. The fourth-order valence-electron chi connectivity index (χ4n) is 2.60. The Morgan fingerprint density at radius 3 is 1.92 bits per heavy atom. The second-order valence-corrected chi connectivity index (χ2v) is 5.46. The number of aromatic hydroxyl groups is 1. The Balaban J connectivity index is 0. The molecule has 125 valence electrons. The minimum atomic E-state index is 0. The molecule has 2 heteroatoms. The second-order valence-electron chi connectivity index (χ2n) is 5.46. The SMILES string of the molecule is CC(C)c1ccc(-c2c(O)ccc3ccccc23)cc1.[CH3-].[CH3-].[CH3-].[Ti+3]. The summed E-state index contributed by atoms with van der Waals surface area (Å²) in [6.07, 6.45) is 0. The van der Waals surface area contributed by atoms with E-state index in [2.05, 4.69) is 50.2 Å². The maximum Gasteiger partial charge on any atom is 3.00 e. The van der Waals surface area contributed by atoms with E-state index in [1.165, 1.54) is 5.56 Å². The van der Waals surface area contributed by atoms with Crippen molar-refractivity contribution in [2.24, 2.45) is 0 Å². The third kappa shape index (κ3) is 4.72. The first kappa shape index (κ1) is 24.7. The zero-order valence-corrected chi connectivity index (χ0v) is 16.9. The molecule has 3 rings (SSSR count). The molecule has 1 nitrogen and oxygen atoms in total. The van der Waals surface area contributed by atoms with Crippen LogP contribution in [0.4, 0.5) is 0 Å². The number of hydrogen-bond acceptors (Lipinski definition) is 1. The third-order valence-corrected chi connectivity index (χ3v) is 3.77. The van der Waals surface area contributed by atoms with Crippen molar-refractivity contribution in [3.63, 3.8) is 0 Å². The molecule has 0 aromatic heterocycles. The molecule has 0 heterocycles. The molecule has 1 N–H and O–H groups in total. The van der Waals surface area contributed by atoms with Gasteiger partial charge in [-0.15, -0.1) is 0 Å². The van der Waals surface area contributed by atoms with Gasteiger partial charge in [0.05, 0.1) is 0 Å². The normalized spacial score (nSPS) is 9.29. The van der Waals surface area contributed by atoms with Crippen LogP contribution in [0, 0.1) is 22.3 Å². The molecule has 0 bridgehead atoms. The van der Waals surface area contributed by atoms with Gasteiger partial charge in [-0.25, -0.2) is 0 Å². The zero-order chi connectivity index (χ0) is 14.1. The first-order chi connectivity index (χ1) is 9.66. The minimum Gasteiger partial charge on any atom is -0.507 e. The summed E-state index contributed by atoms with van der Waals surface area (Å²) in [6, 6.07) is 20.3. The van der Waals surface area contributed by atoms with Crippen molar-refractivity contribution in [1.82, 2.24) is 0 Å². The van der Waals surface area contributed by atoms with Gasteiger partial charge in [0.2, 0.25) is 0 Å². The van der Waals surface area contributed by atoms with Crippen LogP contribution in [0.2, 0.25) is 0 Å². The van der Waals surface area contributed by atoms with E-state index in [-0.39, 0.29) is 44.0 Å². The number of rotatable bonds is 2. The Labute approximate surface area is 162 Å². The molecule has 0 fully saturated rings. The van der Waals surface area contributed by atoms with Gasteiger partial charge in [-0.2, -0.15) is 0 Å². The van der Waals surface area contributed by atoms with Crippen molar-refractivity contribution < 1.29 is 26.8 Å². The number of phenols is 1. The molecule has 0 unspecified atom stereocenters. The van der Waals surface area contributed by atoms with E-state index in [0.717, 1.165) is 21.9 Å². The van der Waals surface area contributed by atoms with E-state index in [1.54, 1.807) is 6.07 Å². The van der Waals surface area contributed by atoms with Gasteiger partial charge in [-0.1, -0.05) is 68.4 Å². The van der Waals surface area contributed by atoms with Gasteiger partial charge in [-0.05, 0) is 33.9 Å². The van der Waals surface area contributed by atoms with Crippen LogP contribution >= 0.6 is 0 Å². The quantitative estimate of drug-likeness (QED) is 0.401. The van der Waals surface area contributed by atoms with E-state index in [1.807, 2.05) is 18.2 Å². The zero-order valence-electron chi connectivity index (χ0n) is 15.3. The van der Waals surface area contributed by atoms with Crippen molar-refractivity contribution in [2.75, 3.05) is 0 Å². The average Bonchev–Trinajstić information content (AvgIpc) is 2.47. The summed E-state index contributed by atoms with van der Waals surface area (Å²) in [6.45, 7) is 4.37. The molecule has 0 saturated heterocycles. The number of fused-ring (bicyclic) bond motifs is 1. The summed E-state index contributed by atoms with van der Waals surface area (Å²) in [7, 11) is 0. The smallest absolute Gasteiger partial charge is 0.507 e. The van der Waals surface area contributed by atoms with Crippen molar-refractivity contribution in [3.05, 3.63) is 88.5 Å². The molecule has 0 aliphatic carbocycles. The fraction of sp³-hybridized carbons (Fsp3) is 0.136. The first-order valence-electron chi connectivity index (χ1n) is 6.98. The molecule has 0 atom stereocenters. The van der Waals surface area contributed by atoms with Crippen molar-refractivity contribution >= 4 is 10.8 Å². The van der Waals surface area contributed by atoms with Gasteiger partial charge >= 0.3 is 21.7 Å². The molecule has 0 saturated carbocycles. The van der Waals surface area contributed by atoms with Crippen LogP contribution in [0.15, 0.2) is 60.7 Å². The number of benzene rings is 3. The van der Waals surface area contributed by atoms with Crippen LogP contribution in [0.25, 0.3) is 21.9 Å². The maximum atomic E-state index is 10.2. The summed E-state index contributed by atoms with van der Waals surface area (Å²) in [5.74, 6) is 0.853. The molecular weight excluding hydrogens is 328 g/mol. The number of phenolic OH excluding ortho intramolecular Hbond substituents is 1. The predicted octanol–water partition coefficient (Wildman–Crippen LogP) is 6.68. The standard InChI is InChI=1S/C19H18O.3CH3.Ti/c1-13(2)14-7-9-16(10-8-14)19-17-6-4-3-5-15(17)11-12-18(19)20;;;;/h3-13,20H,1-2H3;3*1H3;/q;3*-1;+3. The molecule has 0 amide bonds. The fourth-order valence-corrected chi connectivity index (χ4v) is 2.60. The molecule has 3 aromatic carbocycles. The van der Waals surface area contributed by atoms with E-state index in [0.29, 0.717) is 11.7 Å². The van der Waals surface area contributed by atoms with Gasteiger partial charge in [0, 0.05) is 5.56 Å². The van der Waals surface area contributed by atoms with Gasteiger partial charge in [0.25, 0.3) is 0 Å². The summed E-state index contributed by atoms with van der Waals surface area (Å²) in [5.41, 5.74) is 3.29. The minimum absolute atomic E-state index is 0. The summed E-state index contributed by atoms with van der Waals surface area (Å²) >= 11 is 0. The summed E-state index contributed by atoms with van der Waals surface area (Å²) < 4.78 is 0. The molecule has 0 spiro atoms. The Bertz CT molecular complexity index is 746. The van der Waals surface area contributed by atoms with E-state index in [9.17, 15) is 5.11 Å². The third-order valence-electron chi connectivity index (χ3n) is 3.77. The summed E-state index contributed by atoms with van der Waals surface area (Å²) in [4.78, 5) is 0. The van der Waals surface area contributed by atoms with Gasteiger partial charge < -0.3 is 27.4 Å². The number of hydrogen-bond donors (Lipinski definition) is 1. The second kappa shape index (κ2) is 10.3. The molecular formula is C22H27OTi. The van der Waals surface area contributed by atoms with Crippen LogP contribution in [-0.2, 0) is 21.7 Å². The molecule has 0 aliphatic rings. The van der Waals surface area contributed by atoms with E-state index in [4.69, 9.17) is 0 Å². The van der Waals surface area contributed by atoms with Crippen molar-refractivity contribution in [3.8, 4) is 16.9 Å². The van der Waals surface area contributed by atoms with E-state index < -0.39 is 0 Å². The van der Waals surface area contributed by atoms with Crippen molar-refractivity contribution in [2.45, 2.75) is 19.8 Å². The van der Waals surface area contributed by atoms with Crippen LogP contribution in [0.5, 0.6) is 5.75 Å². The van der Waals surface area contributed by atoms with E-state index >= 15 is 0 Å². The monoisotopic (exact) mass is 355 g/mol. The Hall–Kier alpha value is -1.57. The van der Waals surface area contributed by atoms with Crippen molar-refractivity contribution in [1.29, 1.82) is 0 Å². The molecule has 0 aliphatic heterocycles. The topological polar surface area (TPSA) is 20.2 Å². The Kier molecular flexibility index (Phi) is 10.6. The predicted molar refractivity (Wildman–Crippen MR) is 104 cm³/mol. The van der Waals surface area contributed by atoms with Gasteiger partial charge in [0.15, 0.2) is 0 Å². The average molecular weight is 355 g/mol. The van der Waals surface area contributed by atoms with Crippen LogP contribution in [0.3, 0.4) is 0 Å². The van der Waals surface area contributed by atoms with Crippen LogP contribution < -0.4 is 0 Å². The largest absolute Gasteiger partial charge is 3.00 e. The molecule has 3 aromatic rings. The summed E-state index contributed by atoms with van der Waals surface area (Å²) in [5, 5.41) is 12.5. The Morgan fingerprint density at radius 1 is 0.750 bits per heavy atom. The van der Waals surface area contributed by atoms with Gasteiger partial charge in [-0.3, -0.25) is 0 Å². The molecule has 24 heavy (non-hydrogen) atoms. The van der Waals surface area contributed by atoms with Crippen LogP contribution in [-0.4, -0.2) is 5.11 Å². The first-order valence-corrected chi connectivity index (χ1v) is 6.98. The van der Waals surface area contributed by atoms with Gasteiger partial charge in [0.1, 0.15) is 5.75 Å². The van der Waals surface area contributed by atoms with Crippen LogP contribution in [0.1, 0.15) is 25.3 Å². The molecule has 1 radical (unpaired) electrons.